The van der Waals surface area contributed by atoms with Crippen LogP contribution in [0.15, 0.2) is 24.7 Å². The van der Waals surface area contributed by atoms with Gasteiger partial charge in [-0.2, -0.15) is 5.10 Å². The Balaban J connectivity index is 2.19. The zero-order chi connectivity index (χ0) is 11.5. The minimum Gasteiger partial charge on any atom is -0.261 e. The molecule has 0 bridgehead atoms. The molecule has 0 spiro atoms. The molecule has 2 aromatic heterocycles. The van der Waals surface area contributed by atoms with E-state index in [9.17, 15) is 0 Å². The Morgan fingerprint density at radius 1 is 1.25 bits per heavy atom. The van der Waals surface area contributed by atoms with Crippen LogP contribution in [0.1, 0.15) is 19.5 Å². The van der Waals surface area contributed by atoms with Crippen molar-refractivity contribution in [2.24, 2.45) is 13.0 Å². The molecule has 84 valence electrons. The predicted octanol–water partition coefficient (Wildman–Crippen LogP) is 2.08. The van der Waals surface area contributed by atoms with Crippen molar-refractivity contribution in [1.29, 1.82) is 0 Å². The van der Waals surface area contributed by atoms with Gasteiger partial charge in [-0.3, -0.25) is 9.67 Å². The third-order valence-electron chi connectivity index (χ3n) is 2.30. The van der Waals surface area contributed by atoms with Crippen LogP contribution >= 0.6 is 0 Å². The summed E-state index contributed by atoms with van der Waals surface area (Å²) in [4.78, 5) is 8.60. The Kier molecular flexibility index (Phi) is 2.99. The molecule has 0 atom stereocenters. The summed E-state index contributed by atoms with van der Waals surface area (Å²) in [6.45, 7) is 4.38. The molecule has 0 N–H and O–H groups in total. The molecule has 0 unspecified atom stereocenters. The van der Waals surface area contributed by atoms with Crippen molar-refractivity contribution >= 4 is 0 Å². The summed E-state index contributed by atoms with van der Waals surface area (Å²) >= 11 is 0. The minimum absolute atomic E-state index is 0.631. The molecule has 16 heavy (non-hydrogen) atoms. The second-order valence-electron chi connectivity index (χ2n) is 4.38. The highest BCUT2D eigenvalue weighted by Crippen LogP contribution is 2.14. The van der Waals surface area contributed by atoms with Crippen molar-refractivity contribution in [3.63, 3.8) is 0 Å². The number of rotatable bonds is 3. The molecular formula is C12H16N4. The van der Waals surface area contributed by atoms with Gasteiger partial charge in [-0.15, -0.1) is 0 Å². The van der Waals surface area contributed by atoms with Crippen molar-refractivity contribution < 1.29 is 0 Å². The fraction of sp³-hybridized carbons (Fsp3) is 0.417. The maximum absolute atomic E-state index is 4.42. The summed E-state index contributed by atoms with van der Waals surface area (Å²) in [5, 5.41) is 4.24. The van der Waals surface area contributed by atoms with Crippen LogP contribution in [-0.4, -0.2) is 19.7 Å². The molecule has 0 fully saturated rings. The zero-order valence-corrected chi connectivity index (χ0v) is 9.88. The van der Waals surface area contributed by atoms with Gasteiger partial charge in [0.1, 0.15) is 6.33 Å². The van der Waals surface area contributed by atoms with E-state index in [2.05, 4.69) is 28.9 Å². The van der Waals surface area contributed by atoms with E-state index in [0.29, 0.717) is 5.92 Å². The second-order valence-corrected chi connectivity index (χ2v) is 4.38. The summed E-state index contributed by atoms with van der Waals surface area (Å²) in [6, 6.07) is 4.08. The highest BCUT2D eigenvalue weighted by molar-refractivity contribution is 5.52. The number of hydrogen-bond donors (Lipinski definition) is 0. The third-order valence-corrected chi connectivity index (χ3v) is 2.30. The minimum atomic E-state index is 0.631. The van der Waals surface area contributed by atoms with Crippen molar-refractivity contribution in [1.82, 2.24) is 19.7 Å². The van der Waals surface area contributed by atoms with Crippen LogP contribution in [0, 0.1) is 5.92 Å². The molecule has 0 amide bonds. The molecule has 0 radical (unpaired) electrons. The SMILES string of the molecule is CC(C)Cc1ccc(-c2ncn(C)n2)cn1. The van der Waals surface area contributed by atoms with Crippen LogP contribution in [0.25, 0.3) is 11.4 Å². The Bertz CT molecular complexity index is 456. The van der Waals surface area contributed by atoms with E-state index in [0.717, 1.165) is 23.5 Å². The molecule has 4 heteroatoms. The smallest absolute Gasteiger partial charge is 0.182 e. The van der Waals surface area contributed by atoms with Crippen LogP contribution in [0.2, 0.25) is 0 Å². The van der Waals surface area contributed by atoms with E-state index in [1.54, 1.807) is 11.0 Å². The quantitative estimate of drug-likeness (QED) is 0.789. The Labute approximate surface area is 95.4 Å². The Morgan fingerprint density at radius 2 is 2.06 bits per heavy atom. The maximum Gasteiger partial charge on any atom is 0.182 e. The molecule has 0 aliphatic carbocycles. The van der Waals surface area contributed by atoms with Gasteiger partial charge in [0.25, 0.3) is 0 Å². The highest BCUT2D eigenvalue weighted by Gasteiger charge is 2.04. The van der Waals surface area contributed by atoms with Crippen LogP contribution in [0.3, 0.4) is 0 Å². The van der Waals surface area contributed by atoms with E-state index in [-0.39, 0.29) is 0 Å². The monoisotopic (exact) mass is 216 g/mol. The fourth-order valence-electron chi connectivity index (χ4n) is 1.57. The number of pyridine rings is 1. The first-order valence-corrected chi connectivity index (χ1v) is 5.46. The van der Waals surface area contributed by atoms with Crippen LogP contribution in [0.4, 0.5) is 0 Å². The molecule has 0 aliphatic heterocycles. The number of aromatic nitrogens is 4. The van der Waals surface area contributed by atoms with Crippen molar-refractivity contribution in [2.45, 2.75) is 20.3 Å². The predicted molar refractivity (Wildman–Crippen MR) is 62.8 cm³/mol. The van der Waals surface area contributed by atoms with E-state index in [1.165, 1.54) is 0 Å². The molecular weight excluding hydrogens is 200 g/mol. The van der Waals surface area contributed by atoms with Crippen molar-refractivity contribution in [2.75, 3.05) is 0 Å². The van der Waals surface area contributed by atoms with Gasteiger partial charge >= 0.3 is 0 Å². The molecule has 0 saturated heterocycles. The largest absolute Gasteiger partial charge is 0.261 e. The van der Waals surface area contributed by atoms with Gasteiger partial charge in [-0.25, -0.2) is 4.98 Å². The number of hydrogen-bond acceptors (Lipinski definition) is 3. The number of nitrogens with zero attached hydrogens (tertiary/aromatic N) is 4. The number of aryl methyl sites for hydroxylation is 1. The maximum atomic E-state index is 4.42. The molecule has 4 nitrogen and oxygen atoms in total. The fourth-order valence-corrected chi connectivity index (χ4v) is 1.57. The van der Waals surface area contributed by atoms with Crippen molar-refractivity contribution in [3.05, 3.63) is 30.4 Å². The topological polar surface area (TPSA) is 43.6 Å². The lowest BCUT2D eigenvalue weighted by Crippen LogP contribution is -1.97. The molecule has 2 rings (SSSR count). The molecule has 0 aliphatic rings. The molecule has 0 aromatic carbocycles. The lowest BCUT2D eigenvalue weighted by molar-refractivity contribution is 0.635. The lowest BCUT2D eigenvalue weighted by Gasteiger charge is -2.03. The second kappa shape index (κ2) is 4.43. The van der Waals surface area contributed by atoms with Crippen LogP contribution < -0.4 is 0 Å². The van der Waals surface area contributed by atoms with E-state index < -0.39 is 0 Å². The third kappa shape index (κ3) is 2.45. The van der Waals surface area contributed by atoms with E-state index >= 15 is 0 Å². The summed E-state index contributed by atoms with van der Waals surface area (Å²) in [7, 11) is 1.86. The Hall–Kier alpha value is -1.71. The summed E-state index contributed by atoms with van der Waals surface area (Å²) in [6.07, 6.45) is 4.54. The van der Waals surface area contributed by atoms with E-state index in [1.807, 2.05) is 25.4 Å². The van der Waals surface area contributed by atoms with Gasteiger partial charge in [-0.1, -0.05) is 13.8 Å². The standard InChI is InChI=1S/C12H16N4/c1-9(2)6-11-5-4-10(7-13-11)12-14-8-16(3)15-12/h4-5,7-9H,6H2,1-3H3. The first kappa shape index (κ1) is 10.8. The summed E-state index contributed by atoms with van der Waals surface area (Å²) < 4.78 is 1.69. The first-order chi connectivity index (χ1) is 7.65. The average Bonchev–Trinajstić information content (AvgIpc) is 2.65. The van der Waals surface area contributed by atoms with Gasteiger partial charge in [0.05, 0.1) is 0 Å². The van der Waals surface area contributed by atoms with Gasteiger partial charge < -0.3 is 0 Å². The summed E-state index contributed by atoms with van der Waals surface area (Å²) in [5.74, 6) is 1.36. The van der Waals surface area contributed by atoms with Crippen LogP contribution in [0.5, 0.6) is 0 Å². The highest BCUT2D eigenvalue weighted by atomic mass is 15.3. The van der Waals surface area contributed by atoms with Crippen LogP contribution in [-0.2, 0) is 13.5 Å². The molecule has 2 aromatic rings. The molecule has 0 saturated carbocycles. The normalized spacial score (nSPS) is 11.0. The van der Waals surface area contributed by atoms with Gasteiger partial charge in [0.2, 0.25) is 0 Å². The average molecular weight is 216 g/mol. The first-order valence-electron chi connectivity index (χ1n) is 5.46. The van der Waals surface area contributed by atoms with E-state index in [4.69, 9.17) is 0 Å². The van der Waals surface area contributed by atoms with Gasteiger partial charge in [0, 0.05) is 24.5 Å². The summed E-state index contributed by atoms with van der Waals surface area (Å²) in [5.41, 5.74) is 2.09. The van der Waals surface area contributed by atoms with Gasteiger partial charge in [-0.05, 0) is 24.5 Å². The van der Waals surface area contributed by atoms with Gasteiger partial charge in [0.15, 0.2) is 5.82 Å². The zero-order valence-electron chi connectivity index (χ0n) is 9.88. The molecule has 2 heterocycles. The van der Waals surface area contributed by atoms with Crippen molar-refractivity contribution in [3.8, 4) is 11.4 Å². The lowest BCUT2D eigenvalue weighted by atomic mass is 10.1. The Morgan fingerprint density at radius 3 is 2.56 bits per heavy atom.